The molecule has 2 nitrogen and oxygen atoms in total. The molecule has 0 unspecified atom stereocenters. The van der Waals surface area contributed by atoms with Gasteiger partial charge in [0.2, 0.25) is 0 Å². The molecular weight excluding hydrogens is 245 g/mol. The lowest BCUT2D eigenvalue weighted by Gasteiger charge is -2.10. The van der Waals surface area contributed by atoms with Gasteiger partial charge >= 0.3 is 12.1 Å². The number of hydrogen-bond donors (Lipinski definition) is 0. The summed E-state index contributed by atoms with van der Waals surface area (Å²) in [6.45, 7) is 3.27. The number of rotatable bonds is 3. The van der Waals surface area contributed by atoms with E-state index in [1.165, 1.54) is 25.1 Å². The first kappa shape index (κ1) is 14.3. The molecule has 0 saturated carbocycles. The van der Waals surface area contributed by atoms with E-state index in [-0.39, 0.29) is 12.2 Å². The van der Waals surface area contributed by atoms with E-state index in [0.717, 1.165) is 12.1 Å². The van der Waals surface area contributed by atoms with E-state index in [4.69, 9.17) is 0 Å². The molecule has 18 heavy (non-hydrogen) atoms. The van der Waals surface area contributed by atoms with Crippen LogP contribution in [0.2, 0.25) is 0 Å². The van der Waals surface area contributed by atoms with Crippen LogP contribution in [0.25, 0.3) is 6.08 Å². The summed E-state index contributed by atoms with van der Waals surface area (Å²) >= 11 is 0. The number of carbonyl (C=O) groups excluding carboxylic acids is 1. The number of benzene rings is 1. The van der Waals surface area contributed by atoms with Crippen LogP contribution in [0.3, 0.4) is 0 Å². The Bertz CT molecular complexity index is 462. The highest BCUT2D eigenvalue weighted by atomic mass is 19.4. The maximum atomic E-state index is 12.6. The van der Waals surface area contributed by atoms with Crippen LogP contribution in [0.1, 0.15) is 23.6 Å². The highest BCUT2D eigenvalue weighted by molar-refractivity contribution is 5.87. The summed E-state index contributed by atoms with van der Waals surface area (Å²) in [7, 11) is 0. The first-order chi connectivity index (χ1) is 8.34. The average Bonchev–Trinajstić information content (AvgIpc) is 2.27. The largest absolute Gasteiger partial charge is 0.463 e. The fraction of sp³-hybridized carbons (Fsp3) is 0.308. The van der Waals surface area contributed by atoms with Crippen molar-refractivity contribution in [3.63, 3.8) is 0 Å². The van der Waals surface area contributed by atoms with Crippen molar-refractivity contribution < 1.29 is 22.7 Å². The Kier molecular flexibility index (Phi) is 4.53. The summed E-state index contributed by atoms with van der Waals surface area (Å²) in [5.74, 6) is -0.577. The monoisotopic (exact) mass is 258 g/mol. The molecule has 0 radical (unpaired) electrons. The average molecular weight is 258 g/mol. The van der Waals surface area contributed by atoms with Crippen molar-refractivity contribution in [2.75, 3.05) is 6.61 Å². The summed E-state index contributed by atoms with van der Waals surface area (Å²) < 4.78 is 42.5. The maximum absolute atomic E-state index is 12.6. The van der Waals surface area contributed by atoms with Gasteiger partial charge in [-0.1, -0.05) is 12.1 Å². The SMILES string of the molecule is CCOC(=O)C=Cc1ccc(C)c(C(F)(F)F)c1. The molecule has 0 spiro atoms. The van der Waals surface area contributed by atoms with Crippen molar-refractivity contribution in [3.8, 4) is 0 Å². The van der Waals surface area contributed by atoms with Gasteiger partial charge < -0.3 is 4.74 Å². The molecule has 0 amide bonds. The lowest BCUT2D eigenvalue weighted by Crippen LogP contribution is -2.07. The third kappa shape index (κ3) is 3.91. The minimum Gasteiger partial charge on any atom is -0.463 e. The molecule has 1 aromatic rings. The van der Waals surface area contributed by atoms with Crippen molar-refractivity contribution in [1.82, 2.24) is 0 Å². The van der Waals surface area contributed by atoms with Crippen LogP contribution in [-0.4, -0.2) is 12.6 Å². The molecule has 0 atom stereocenters. The van der Waals surface area contributed by atoms with Crippen molar-refractivity contribution in [2.45, 2.75) is 20.0 Å². The van der Waals surface area contributed by atoms with E-state index in [2.05, 4.69) is 4.74 Å². The summed E-state index contributed by atoms with van der Waals surface area (Å²) in [4.78, 5) is 11.0. The maximum Gasteiger partial charge on any atom is 0.416 e. The van der Waals surface area contributed by atoms with Crippen LogP contribution in [0.4, 0.5) is 13.2 Å². The van der Waals surface area contributed by atoms with Crippen LogP contribution >= 0.6 is 0 Å². The number of aryl methyl sites for hydroxylation is 1. The summed E-state index contributed by atoms with van der Waals surface area (Å²) in [6, 6.07) is 3.89. The molecule has 5 heteroatoms. The van der Waals surface area contributed by atoms with Gasteiger partial charge in [0.1, 0.15) is 0 Å². The number of ether oxygens (including phenoxy) is 1. The van der Waals surface area contributed by atoms with Gasteiger partial charge in [-0.05, 0) is 37.1 Å². The first-order valence-corrected chi connectivity index (χ1v) is 5.37. The molecule has 0 aromatic heterocycles. The molecular formula is C13H13F3O2. The summed E-state index contributed by atoms with van der Waals surface area (Å²) in [6.07, 6.45) is -1.99. The third-order valence-corrected chi connectivity index (χ3v) is 2.27. The number of carbonyl (C=O) groups is 1. The van der Waals surface area contributed by atoms with E-state index < -0.39 is 17.7 Å². The van der Waals surface area contributed by atoms with Crippen molar-refractivity contribution in [1.29, 1.82) is 0 Å². The molecule has 1 rings (SSSR count). The third-order valence-electron chi connectivity index (χ3n) is 2.27. The minimum atomic E-state index is -4.39. The molecule has 1 aromatic carbocycles. The molecule has 0 bridgehead atoms. The van der Waals surface area contributed by atoms with Crippen LogP contribution in [-0.2, 0) is 15.7 Å². The van der Waals surface area contributed by atoms with Gasteiger partial charge in [-0.3, -0.25) is 0 Å². The smallest absolute Gasteiger partial charge is 0.416 e. The van der Waals surface area contributed by atoms with E-state index >= 15 is 0 Å². The van der Waals surface area contributed by atoms with Gasteiger partial charge in [-0.2, -0.15) is 13.2 Å². The van der Waals surface area contributed by atoms with Crippen LogP contribution < -0.4 is 0 Å². The second kappa shape index (κ2) is 5.71. The van der Waals surface area contributed by atoms with Gasteiger partial charge in [0.15, 0.2) is 0 Å². The zero-order chi connectivity index (χ0) is 13.8. The summed E-state index contributed by atoms with van der Waals surface area (Å²) in [5.41, 5.74) is -0.245. The van der Waals surface area contributed by atoms with Crippen molar-refractivity contribution in [2.24, 2.45) is 0 Å². The van der Waals surface area contributed by atoms with E-state index in [9.17, 15) is 18.0 Å². The van der Waals surface area contributed by atoms with E-state index in [1.54, 1.807) is 6.92 Å². The number of esters is 1. The molecule has 0 fully saturated rings. The van der Waals surface area contributed by atoms with E-state index in [0.29, 0.717) is 5.56 Å². The fourth-order valence-electron chi connectivity index (χ4n) is 1.40. The first-order valence-electron chi connectivity index (χ1n) is 5.37. The molecule has 0 aliphatic carbocycles. The predicted molar refractivity (Wildman–Crippen MR) is 61.8 cm³/mol. The standard InChI is InChI=1S/C13H13F3O2/c1-3-18-12(17)7-6-10-5-4-9(2)11(8-10)13(14,15)16/h4-8H,3H2,1-2H3. The Balaban J connectivity index is 2.96. The Morgan fingerprint density at radius 2 is 2.06 bits per heavy atom. The molecule has 0 aliphatic heterocycles. The molecule has 0 heterocycles. The Hall–Kier alpha value is -1.78. The van der Waals surface area contributed by atoms with Crippen LogP contribution in [0.15, 0.2) is 24.3 Å². The zero-order valence-electron chi connectivity index (χ0n) is 10.0. The number of alkyl halides is 3. The molecule has 98 valence electrons. The van der Waals surface area contributed by atoms with E-state index in [1.807, 2.05) is 0 Å². The Morgan fingerprint density at radius 3 is 2.61 bits per heavy atom. The van der Waals surface area contributed by atoms with Gasteiger partial charge in [0, 0.05) is 6.08 Å². The second-order valence-electron chi connectivity index (χ2n) is 3.66. The molecule has 0 aliphatic rings. The van der Waals surface area contributed by atoms with Gasteiger partial charge in [-0.25, -0.2) is 4.79 Å². The lowest BCUT2D eigenvalue weighted by molar-refractivity contribution is -0.138. The summed E-state index contributed by atoms with van der Waals surface area (Å²) in [5, 5.41) is 0. The topological polar surface area (TPSA) is 26.3 Å². The van der Waals surface area contributed by atoms with Crippen LogP contribution in [0.5, 0.6) is 0 Å². The minimum absolute atomic E-state index is 0.149. The molecule has 0 saturated heterocycles. The Labute approximate surface area is 103 Å². The van der Waals surface area contributed by atoms with Gasteiger partial charge in [-0.15, -0.1) is 0 Å². The van der Waals surface area contributed by atoms with Crippen LogP contribution in [0, 0.1) is 6.92 Å². The lowest BCUT2D eigenvalue weighted by atomic mass is 10.0. The van der Waals surface area contributed by atoms with Crippen molar-refractivity contribution >= 4 is 12.0 Å². The highest BCUT2D eigenvalue weighted by Gasteiger charge is 2.32. The Morgan fingerprint density at radius 1 is 1.39 bits per heavy atom. The zero-order valence-corrected chi connectivity index (χ0v) is 10.0. The second-order valence-corrected chi connectivity index (χ2v) is 3.66. The number of halogens is 3. The van der Waals surface area contributed by atoms with Gasteiger partial charge in [0.25, 0.3) is 0 Å². The normalized spacial score (nSPS) is 11.8. The number of hydrogen-bond acceptors (Lipinski definition) is 2. The molecule has 0 N–H and O–H groups in total. The van der Waals surface area contributed by atoms with Gasteiger partial charge in [0.05, 0.1) is 12.2 Å². The predicted octanol–water partition coefficient (Wildman–Crippen LogP) is 3.59. The highest BCUT2D eigenvalue weighted by Crippen LogP contribution is 2.32. The van der Waals surface area contributed by atoms with Crippen molar-refractivity contribution in [3.05, 3.63) is 41.0 Å². The quantitative estimate of drug-likeness (QED) is 0.611. The fourth-order valence-corrected chi connectivity index (χ4v) is 1.40.